The van der Waals surface area contributed by atoms with Gasteiger partial charge in [0.25, 0.3) is 0 Å². The van der Waals surface area contributed by atoms with Gasteiger partial charge in [-0.05, 0) is 27.9 Å². The van der Waals surface area contributed by atoms with Gasteiger partial charge in [-0.3, -0.25) is 4.79 Å². The second-order valence-electron chi connectivity index (χ2n) is 8.36. The first kappa shape index (κ1) is 18.2. The Bertz CT molecular complexity index is 878. The van der Waals surface area contributed by atoms with Gasteiger partial charge in [-0.2, -0.15) is 9.61 Å². The zero-order valence-corrected chi connectivity index (χ0v) is 16.5. The van der Waals surface area contributed by atoms with Gasteiger partial charge in [0.2, 0.25) is 5.91 Å². The van der Waals surface area contributed by atoms with Crippen molar-refractivity contribution in [1.29, 1.82) is 0 Å². The topological polar surface area (TPSA) is 77.2 Å². The predicted octanol–water partition coefficient (Wildman–Crippen LogP) is 0.165. The minimum absolute atomic E-state index is 0.0886. The molecule has 0 aromatic carbocycles. The van der Waals surface area contributed by atoms with Crippen molar-refractivity contribution in [2.75, 3.05) is 58.3 Å². The molecule has 1 N–H and O–H groups in total. The molecule has 0 aliphatic carbocycles. The first-order valence-electron chi connectivity index (χ1n) is 9.44. The summed E-state index contributed by atoms with van der Waals surface area (Å²) in [5.74, 6) is 1.45. The average molecular weight is 372 g/mol. The summed E-state index contributed by atoms with van der Waals surface area (Å²) < 4.78 is 1.89. The molecule has 1 amide bonds. The van der Waals surface area contributed by atoms with Crippen molar-refractivity contribution < 1.29 is 9.90 Å². The zero-order chi connectivity index (χ0) is 19.3. The summed E-state index contributed by atoms with van der Waals surface area (Å²) >= 11 is 0. The minimum atomic E-state index is -0.273. The minimum Gasteiger partial charge on any atom is -0.396 e. The molecule has 2 aromatic heterocycles. The Balaban J connectivity index is 1.62. The summed E-state index contributed by atoms with van der Waals surface area (Å²) in [6, 6.07) is 1.91. The van der Waals surface area contributed by atoms with Crippen LogP contribution in [0, 0.1) is 25.2 Å². The van der Waals surface area contributed by atoms with Crippen molar-refractivity contribution in [2.45, 2.75) is 13.8 Å². The van der Waals surface area contributed by atoms with Crippen molar-refractivity contribution in [3.63, 3.8) is 0 Å². The van der Waals surface area contributed by atoms with E-state index in [0.717, 1.165) is 35.8 Å². The van der Waals surface area contributed by atoms with Crippen LogP contribution in [0.1, 0.15) is 11.3 Å². The highest BCUT2D eigenvalue weighted by molar-refractivity contribution is 5.78. The van der Waals surface area contributed by atoms with Crippen LogP contribution in [0.5, 0.6) is 0 Å². The highest BCUT2D eigenvalue weighted by Crippen LogP contribution is 2.44. The molecule has 2 aliphatic heterocycles. The van der Waals surface area contributed by atoms with Gasteiger partial charge in [0.1, 0.15) is 5.82 Å². The molecule has 0 radical (unpaired) electrons. The standard InChI is InChI=1S/C19H28N6O2/c1-13-14(2)21-16-5-6-20-25(16)18(13)24-8-15-7-23(17(27)9-22(3)4)10-19(15,11-24)12-26/h5-6,15,26H,7-12H2,1-4H3/t15-,19+/m1/s1. The van der Waals surface area contributed by atoms with E-state index in [1.165, 1.54) is 0 Å². The van der Waals surface area contributed by atoms with Gasteiger partial charge in [0.05, 0.1) is 19.3 Å². The molecule has 2 aromatic rings. The van der Waals surface area contributed by atoms with E-state index in [-0.39, 0.29) is 23.8 Å². The van der Waals surface area contributed by atoms with Crippen molar-refractivity contribution in [3.05, 3.63) is 23.5 Å². The third-order valence-corrected chi connectivity index (χ3v) is 6.16. The van der Waals surface area contributed by atoms with Crippen molar-refractivity contribution in [1.82, 2.24) is 24.4 Å². The number of hydrogen-bond donors (Lipinski definition) is 1. The lowest BCUT2D eigenvalue weighted by Crippen LogP contribution is -2.42. The summed E-state index contributed by atoms with van der Waals surface area (Å²) in [7, 11) is 3.81. The fraction of sp³-hybridized carbons (Fsp3) is 0.632. The largest absolute Gasteiger partial charge is 0.396 e. The molecule has 27 heavy (non-hydrogen) atoms. The monoisotopic (exact) mass is 372 g/mol. The number of aromatic nitrogens is 3. The Kier molecular flexibility index (Phi) is 4.35. The molecule has 0 unspecified atom stereocenters. The van der Waals surface area contributed by atoms with Gasteiger partial charge < -0.3 is 19.8 Å². The van der Waals surface area contributed by atoms with E-state index >= 15 is 0 Å². The summed E-state index contributed by atoms with van der Waals surface area (Å²) in [6.07, 6.45) is 1.77. The van der Waals surface area contributed by atoms with Gasteiger partial charge in [0.15, 0.2) is 5.65 Å². The molecule has 0 saturated carbocycles. The van der Waals surface area contributed by atoms with Crippen molar-refractivity contribution in [2.24, 2.45) is 11.3 Å². The number of rotatable bonds is 4. The molecular weight excluding hydrogens is 344 g/mol. The highest BCUT2D eigenvalue weighted by atomic mass is 16.3. The van der Waals surface area contributed by atoms with Crippen molar-refractivity contribution >= 4 is 17.4 Å². The first-order valence-corrected chi connectivity index (χ1v) is 9.44. The van der Waals surface area contributed by atoms with Gasteiger partial charge in [0, 0.05) is 54.8 Å². The molecule has 4 rings (SSSR count). The van der Waals surface area contributed by atoms with Crippen LogP contribution in [-0.2, 0) is 4.79 Å². The Morgan fingerprint density at radius 1 is 1.33 bits per heavy atom. The number of anilines is 1. The number of fused-ring (bicyclic) bond motifs is 2. The molecule has 146 valence electrons. The number of amides is 1. The molecule has 2 atom stereocenters. The zero-order valence-electron chi connectivity index (χ0n) is 16.5. The quantitative estimate of drug-likeness (QED) is 0.824. The van der Waals surface area contributed by atoms with Crippen LogP contribution in [0.15, 0.2) is 12.3 Å². The van der Waals surface area contributed by atoms with Crippen molar-refractivity contribution in [3.8, 4) is 0 Å². The maximum absolute atomic E-state index is 12.5. The Morgan fingerprint density at radius 3 is 2.78 bits per heavy atom. The van der Waals surface area contributed by atoms with E-state index in [0.29, 0.717) is 19.6 Å². The maximum Gasteiger partial charge on any atom is 0.236 e. The van der Waals surface area contributed by atoms with Crippen LogP contribution in [0.2, 0.25) is 0 Å². The fourth-order valence-electron chi connectivity index (χ4n) is 4.62. The summed E-state index contributed by atoms with van der Waals surface area (Å²) in [5, 5.41) is 14.7. The first-order chi connectivity index (χ1) is 12.8. The smallest absolute Gasteiger partial charge is 0.236 e. The summed E-state index contributed by atoms with van der Waals surface area (Å²) in [4.78, 5) is 23.2. The third-order valence-electron chi connectivity index (χ3n) is 6.16. The van der Waals surface area contributed by atoms with E-state index in [9.17, 15) is 9.90 Å². The van der Waals surface area contributed by atoms with E-state index in [1.54, 1.807) is 6.20 Å². The molecule has 8 nitrogen and oxygen atoms in total. The average Bonchev–Trinajstić information content (AvgIpc) is 3.27. The van der Waals surface area contributed by atoms with Crippen LogP contribution in [0.3, 0.4) is 0 Å². The molecular formula is C19H28N6O2. The van der Waals surface area contributed by atoms with E-state index in [2.05, 4.69) is 21.9 Å². The number of carbonyl (C=O) groups excluding carboxylic acids is 1. The van der Waals surface area contributed by atoms with Gasteiger partial charge in [-0.1, -0.05) is 0 Å². The lowest BCUT2D eigenvalue weighted by atomic mass is 9.82. The van der Waals surface area contributed by atoms with E-state index in [1.807, 2.05) is 41.4 Å². The molecule has 8 heteroatoms. The third kappa shape index (κ3) is 2.87. The number of aliphatic hydroxyl groups is 1. The Hall–Kier alpha value is -2.19. The van der Waals surface area contributed by atoms with Crippen LogP contribution >= 0.6 is 0 Å². The molecule has 0 spiro atoms. The Morgan fingerprint density at radius 2 is 2.11 bits per heavy atom. The summed E-state index contributed by atoms with van der Waals surface area (Å²) in [5.41, 5.74) is 2.67. The molecule has 2 saturated heterocycles. The fourth-order valence-corrected chi connectivity index (χ4v) is 4.62. The number of likely N-dealkylation sites (N-methyl/N-ethyl adjacent to an activating group) is 1. The molecule has 2 aliphatic rings. The summed E-state index contributed by atoms with van der Waals surface area (Å²) in [6.45, 7) is 7.44. The molecule has 2 fully saturated rings. The van der Waals surface area contributed by atoms with Gasteiger partial charge >= 0.3 is 0 Å². The van der Waals surface area contributed by atoms with Gasteiger partial charge in [-0.15, -0.1) is 0 Å². The van der Waals surface area contributed by atoms with Crippen LogP contribution in [0.4, 0.5) is 5.82 Å². The number of hydrogen-bond acceptors (Lipinski definition) is 6. The Labute approximate surface area is 159 Å². The number of aryl methyl sites for hydroxylation is 1. The number of nitrogens with zero attached hydrogens (tertiary/aromatic N) is 6. The van der Waals surface area contributed by atoms with Gasteiger partial charge in [-0.25, -0.2) is 4.98 Å². The number of likely N-dealkylation sites (tertiary alicyclic amines) is 1. The van der Waals surface area contributed by atoms with Crippen LogP contribution in [-0.4, -0.2) is 88.8 Å². The number of aliphatic hydroxyl groups excluding tert-OH is 1. The highest BCUT2D eigenvalue weighted by Gasteiger charge is 2.53. The van der Waals surface area contributed by atoms with E-state index in [4.69, 9.17) is 0 Å². The van der Waals surface area contributed by atoms with E-state index < -0.39 is 0 Å². The SMILES string of the molecule is Cc1nc2ccnn2c(N2C[C@H]3CN(C(=O)CN(C)C)C[C@@]3(CO)C2)c1C. The number of carbonyl (C=O) groups is 1. The molecule has 4 heterocycles. The van der Waals surface area contributed by atoms with Crippen LogP contribution in [0.25, 0.3) is 5.65 Å². The van der Waals surface area contributed by atoms with Crippen LogP contribution < -0.4 is 4.90 Å². The lowest BCUT2D eigenvalue weighted by Gasteiger charge is -2.29. The maximum atomic E-state index is 12.5. The second-order valence-corrected chi connectivity index (χ2v) is 8.36. The molecule has 0 bridgehead atoms. The predicted molar refractivity (Wildman–Crippen MR) is 103 cm³/mol. The second kappa shape index (κ2) is 6.45. The lowest BCUT2D eigenvalue weighted by molar-refractivity contribution is -0.131. The normalized spacial score (nSPS) is 25.0.